The van der Waals surface area contributed by atoms with E-state index in [1.54, 1.807) is 36.4 Å². The van der Waals surface area contributed by atoms with Crippen molar-refractivity contribution in [2.45, 2.75) is 13.5 Å². The summed E-state index contributed by atoms with van der Waals surface area (Å²) in [5.41, 5.74) is 1.32. The van der Waals surface area contributed by atoms with Crippen molar-refractivity contribution in [3.63, 3.8) is 0 Å². The van der Waals surface area contributed by atoms with Crippen molar-refractivity contribution in [2.75, 3.05) is 11.6 Å². The zero-order valence-corrected chi connectivity index (χ0v) is 15.9. The highest BCUT2D eigenvalue weighted by Crippen LogP contribution is 2.28. The minimum atomic E-state index is -1.11. The van der Waals surface area contributed by atoms with Gasteiger partial charge in [-0.25, -0.2) is 4.79 Å². The third-order valence-electron chi connectivity index (χ3n) is 4.24. The maximum atomic E-state index is 12.2. The van der Waals surface area contributed by atoms with E-state index in [0.29, 0.717) is 18.1 Å². The molecule has 3 aromatic carbocycles. The van der Waals surface area contributed by atoms with Crippen LogP contribution < -0.4 is 14.4 Å². The van der Waals surface area contributed by atoms with Gasteiger partial charge in [0.15, 0.2) is 18.2 Å². The molecule has 1 amide bonds. The number of anilines is 1. The van der Waals surface area contributed by atoms with Crippen LogP contribution in [0, 0.1) is 0 Å². The fourth-order valence-corrected chi connectivity index (χ4v) is 2.78. The fourth-order valence-electron chi connectivity index (χ4n) is 2.78. The summed E-state index contributed by atoms with van der Waals surface area (Å²) in [5, 5.41) is 9.41. The van der Waals surface area contributed by atoms with Crippen LogP contribution in [0.2, 0.25) is 0 Å². The molecule has 0 spiro atoms. The lowest BCUT2D eigenvalue weighted by Crippen LogP contribution is -2.33. The number of carbonyl (C=O) groups is 2. The first-order valence-electron chi connectivity index (χ1n) is 9.05. The minimum Gasteiger partial charge on any atom is -0.485 e. The number of benzene rings is 3. The summed E-state index contributed by atoms with van der Waals surface area (Å²) in [6, 6.07) is 23.2. The zero-order chi connectivity index (χ0) is 20.6. The SMILES string of the molecule is CC(=O)N(COc1ccccc1OCc1ccccc1)c1ccccc1C(=O)O. The number of hydrogen-bond donors (Lipinski definition) is 1. The van der Waals surface area contributed by atoms with Crippen molar-refractivity contribution >= 4 is 17.6 Å². The summed E-state index contributed by atoms with van der Waals surface area (Å²) >= 11 is 0. The topological polar surface area (TPSA) is 76.1 Å². The number of nitrogens with zero attached hydrogens (tertiary/aromatic N) is 1. The predicted molar refractivity (Wildman–Crippen MR) is 109 cm³/mol. The Kier molecular flexibility index (Phi) is 6.47. The highest BCUT2D eigenvalue weighted by molar-refractivity contribution is 6.01. The summed E-state index contributed by atoms with van der Waals surface area (Å²) in [4.78, 5) is 24.9. The number of hydrogen-bond acceptors (Lipinski definition) is 4. The summed E-state index contributed by atoms with van der Waals surface area (Å²) in [5.74, 6) is -0.450. The number of carboxylic acids is 1. The van der Waals surface area contributed by atoms with E-state index in [1.807, 2.05) is 36.4 Å². The molecule has 0 heterocycles. The van der Waals surface area contributed by atoms with Crippen LogP contribution in [0.25, 0.3) is 0 Å². The average molecular weight is 391 g/mol. The van der Waals surface area contributed by atoms with Crippen LogP contribution in [0.5, 0.6) is 11.5 Å². The van der Waals surface area contributed by atoms with Crippen LogP contribution in [0.1, 0.15) is 22.8 Å². The molecular formula is C23H21NO5. The quantitative estimate of drug-likeness (QED) is 0.578. The van der Waals surface area contributed by atoms with Crippen molar-refractivity contribution < 1.29 is 24.2 Å². The molecule has 0 aliphatic heterocycles. The smallest absolute Gasteiger partial charge is 0.337 e. The third-order valence-corrected chi connectivity index (χ3v) is 4.24. The van der Waals surface area contributed by atoms with Gasteiger partial charge in [0.25, 0.3) is 0 Å². The van der Waals surface area contributed by atoms with Crippen LogP contribution in [0.15, 0.2) is 78.9 Å². The summed E-state index contributed by atoms with van der Waals surface area (Å²) < 4.78 is 11.7. The van der Waals surface area contributed by atoms with Crippen LogP contribution >= 0.6 is 0 Å². The van der Waals surface area contributed by atoms with Crippen molar-refractivity contribution in [1.82, 2.24) is 0 Å². The molecule has 148 valence electrons. The number of ether oxygens (including phenoxy) is 2. The molecule has 0 bridgehead atoms. The minimum absolute atomic E-state index is 0.0277. The molecule has 3 aromatic rings. The first kappa shape index (κ1) is 19.9. The summed E-state index contributed by atoms with van der Waals surface area (Å²) in [6.45, 7) is 1.59. The molecule has 0 saturated heterocycles. The van der Waals surface area contributed by atoms with Crippen molar-refractivity contribution in [3.8, 4) is 11.5 Å². The van der Waals surface area contributed by atoms with E-state index in [9.17, 15) is 14.7 Å². The van der Waals surface area contributed by atoms with Gasteiger partial charge in [0.2, 0.25) is 5.91 Å². The van der Waals surface area contributed by atoms with E-state index in [1.165, 1.54) is 17.9 Å². The maximum Gasteiger partial charge on any atom is 0.337 e. The lowest BCUT2D eigenvalue weighted by molar-refractivity contribution is -0.117. The first-order valence-corrected chi connectivity index (χ1v) is 9.05. The number of aromatic carboxylic acids is 1. The lowest BCUT2D eigenvalue weighted by Gasteiger charge is -2.23. The zero-order valence-electron chi connectivity index (χ0n) is 15.9. The second kappa shape index (κ2) is 9.41. The molecular weight excluding hydrogens is 370 g/mol. The van der Waals surface area contributed by atoms with Gasteiger partial charge in [-0.2, -0.15) is 0 Å². The number of para-hydroxylation sites is 3. The molecule has 0 saturated carbocycles. The summed E-state index contributed by atoms with van der Waals surface area (Å²) in [7, 11) is 0. The fraction of sp³-hybridized carbons (Fsp3) is 0.130. The van der Waals surface area contributed by atoms with Crippen LogP contribution in [-0.4, -0.2) is 23.7 Å². The number of rotatable bonds is 8. The van der Waals surface area contributed by atoms with E-state index in [4.69, 9.17) is 9.47 Å². The highest BCUT2D eigenvalue weighted by atomic mass is 16.5. The van der Waals surface area contributed by atoms with E-state index >= 15 is 0 Å². The van der Waals surface area contributed by atoms with Crippen molar-refractivity contribution in [1.29, 1.82) is 0 Å². The number of amides is 1. The maximum absolute atomic E-state index is 12.2. The van der Waals surface area contributed by atoms with Crippen LogP contribution in [0.3, 0.4) is 0 Å². The predicted octanol–water partition coefficient (Wildman–Crippen LogP) is 4.35. The molecule has 0 unspecified atom stereocenters. The van der Waals surface area contributed by atoms with Crippen molar-refractivity contribution in [2.24, 2.45) is 0 Å². The van der Waals surface area contributed by atoms with E-state index in [0.717, 1.165) is 5.56 Å². The van der Waals surface area contributed by atoms with E-state index in [-0.39, 0.29) is 23.9 Å². The standard InChI is InChI=1S/C23H21NO5/c1-17(25)24(20-12-6-5-11-19(20)23(26)27)16-29-22-14-8-7-13-21(22)28-15-18-9-3-2-4-10-18/h2-14H,15-16H2,1H3,(H,26,27). The molecule has 3 rings (SSSR count). The molecule has 0 radical (unpaired) electrons. The monoisotopic (exact) mass is 391 g/mol. The van der Waals surface area contributed by atoms with E-state index < -0.39 is 5.97 Å². The van der Waals surface area contributed by atoms with Gasteiger partial charge >= 0.3 is 5.97 Å². The molecule has 0 fully saturated rings. The number of carboxylic acid groups (broad SMARTS) is 1. The Morgan fingerprint density at radius 1 is 0.828 bits per heavy atom. The third kappa shape index (κ3) is 5.13. The lowest BCUT2D eigenvalue weighted by atomic mass is 10.1. The van der Waals surface area contributed by atoms with Crippen LogP contribution in [0.4, 0.5) is 5.69 Å². The Labute approximate surface area is 168 Å². The normalized spacial score (nSPS) is 10.2. The van der Waals surface area contributed by atoms with Gasteiger partial charge in [-0.15, -0.1) is 0 Å². The Bertz CT molecular complexity index is 987. The molecule has 0 aliphatic rings. The van der Waals surface area contributed by atoms with Crippen LogP contribution in [-0.2, 0) is 11.4 Å². The Hall–Kier alpha value is -3.80. The molecule has 0 aliphatic carbocycles. The number of carbonyl (C=O) groups excluding carboxylic acids is 1. The van der Waals surface area contributed by atoms with Gasteiger partial charge < -0.3 is 14.6 Å². The van der Waals surface area contributed by atoms with Gasteiger partial charge in [-0.05, 0) is 29.8 Å². The second-order valence-corrected chi connectivity index (χ2v) is 6.26. The Morgan fingerprint density at radius 2 is 1.41 bits per heavy atom. The Morgan fingerprint density at radius 3 is 2.07 bits per heavy atom. The molecule has 6 heteroatoms. The average Bonchev–Trinajstić information content (AvgIpc) is 2.74. The molecule has 0 aromatic heterocycles. The van der Waals surface area contributed by atoms with Gasteiger partial charge in [-0.1, -0.05) is 54.6 Å². The Balaban J connectivity index is 1.76. The molecule has 6 nitrogen and oxygen atoms in total. The van der Waals surface area contributed by atoms with Gasteiger partial charge in [0.1, 0.15) is 6.61 Å². The first-order chi connectivity index (χ1) is 14.1. The molecule has 0 atom stereocenters. The van der Waals surface area contributed by atoms with Crippen molar-refractivity contribution in [3.05, 3.63) is 90.0 Å². The molecule has 1 N–H and O–H groups in total. The second-order valence-electron chi connectivity index (χ2n) is 6.26. The molecule has 29 heavy (non-hydrogen) atoms. The van der Waals surface area contributed by atoms with Gasteiger partial charge in [0, 0.05) is 6.92 Å². The van der Waals surface area contributed by atoms with Gasteiger partial charge in [-0.3, -0.25) is 9.69 Å². The largest absolute Gasteiger partial charge is 0.485 e. The summed E-state index contributed by atoms with van der Waals surface area (Å²) in [6.07, 6.45) is 0. The highest BCUT2D eigenvalue weighted by Gasteiger charge is 2.19. The van der Waals surface area contributed by atoms with Gasteiger partial charge in [0.05, 0.1) is 11.3 Å². The van der Waals surface area contributed by atoms with E-state index in [2.05, 4.69) is 0 Å².